The number of H-pyrrole nitrogens is 1. The molecule has 2 heterocycles. The summed E-state index contributed by atoms with van der Waals surface area (Å²) in [6.07, 6.45) is 1.78. The Bertz CT molecular complexity index is 1120. The predicted octanol–water partition coefficient (Wildman–Crippen LogP) is 5.35. The molecule has 4 rings (SSSR count). The van der Waals surface area contributed by atoms with Gasteiger partial charge in [-0.1, -0.05) is 18.2 Å². The van der Waals surface area contributed by atoms with E-state index in [4.69, 9.17) is 12.2 Å². The molecule has 0 radical (unpaired) electrons. The van der Waals surface area contributed by atoms with Crippen molar-refractivity contribution in [3.05, 3.63) is 70.1 Å². The van der Waals surface area contributed by atoms with Crippen LogP contribution in [0.4, 0.5) is 11.4 Å². The van der Waals surface area contributed by atoms with Gasteiger partial charge < -0.3 is 10.6 Å². The Morgan fingerprint density at radius 1 is 1.04 bits per heavy atom. The van der Waals surface area contributed by atoms with Crippen molar-refractivity contribution in [2.45, 2.75) is 6.92 Å². The van der Waals surface area contributed by atoms with Crippen molar-refractivity contribution in [2.24, 2.45) is 0 Å². The van der Waals surface area contributed by atoms with Gasteiger partial charge in [0.15, 0.2) is 10.8 Å². The molecule has 2 aromatic carbocycles. The molecule has 0 amide bonds. The third-order valence-corrected chi connectivity index (χ3v) is 5.05. The van der Waals surface area contributed by atoms with Gasteiger partial charge in [0, 0.05) is 32.2 Å². The summed E-state index contributed by atoms with van der Waals surface area (Å²) >= 11 is 7.69. The summed E-state index contributed by atoms with van der Waals surface area (Å²) in [4.78, 5) is 4.31. The lowest BCUT2D eigenvalue weighted by atomic mass is 10.0. The molecule has 4 aromatic rings. The zero-order chi connectivity index (χ0) is 18.8. The predicted molar refractivity (Wildman–Crippen MR) is 123 cm³/mol. The highest BCUT2D eigenvalue weighted by atomic mass is 127. The van der Waals surface area contributed by atoms with Gasteiger partial charge >= 0.3 is 0 Å². The van der Waals surface area contributed by atoms with Gasteiger partial charge in [0.05, 0.1) is 0 Å². The fourth-order valence-corrected chi connectivity index (χ4v) is 3.71. The fraction of sp³-hybridized carbons (Fsp3) is 0.0500. The molecule has 27 heavy (non-hydrogen) atoms. The number of pyridine rings is 1. The number of aromatic amines is 1. The monoisotopic (exact) mass is 485 g/mol. The van der Waals surface area contributed by atoms with Crippen LogP contribution in [-0.2, 0) is 0 Å². The average Bonchev–Trinajstić information content (AvgIpc) is 3.04. The first kappa shape index (κ1) is 17.9. The van der Waals surface area contributed by atoms with Crippen molar-refractivity contribution in [3.8, 4) is 11.1 Å². The number of halogens is 1. The molecule has 0 aliphatic carbocycles. The van der Waals surface area contributed by atoms with Crippen molar-refractivity contribution < 1.29 is 0 Å². The van der Waals surface area contributed by atoms with E-state index in [0.717, 1.165) is 42.8 Å². The fourth-order valence-electron chi connectivity index (χ4n) is 2.93. The smallest absolute Gasteiger partial charge is 0.181 e. The molecular formula is C20H16IN5S. The number of hydrogen-bond donors (Lipinski definition) is 3. The summed E-state index contributed by atoms with van der Waals surface area (Å²) in [5.41, 5.74) is 5.85. The maximum Gasteiger partial charge on any atom is 0.181 e. The molecule has 5 nitrogen and oxygen atoms in total. The molecular weight excluding hydrogens is 469 g/mol. The van der Waals surface area contributed by atoms with Gasteiger partial charge in [-0.25, -0.2) is 4.98 Å². The van der Waals surface area contributed by atoms with Crippen LogP contribution in [0, 0.1) is 10.5 Å². The number of thiocarbonyl (C=S) groups is 1. The molecule has 0 saturated carbocycles. The van der Waals surface area contributed by atoms with Crippen molar-refractivity contribution >= 4 is 62.3 Å². The Morgan fingerprint density at radius 3 is 2.59 bits per heavy atom. The lowest BCUT2D eigenvalue weighted by molar-refractivity contribution is 1.05. The van der Waals surface area contributed by atoms with Crippen LogP contribution < -0.4 is 10.6 Å². The Balaban J connectivity index is 1.52. The molecule has 0 fully saturated rings. The van der Waals surface area contributed by atoms with Crippen molar-refractivity contribution in [1.29, 1.82) is 0 Å². The Kier molecular flexibility index (Phi) is 5.04. The number of benzene rings is 2. The Labute approximate surface area is 175 Å². The van der Waals surface area contributed by atoms with Crippen LogP contribution in [0.2, 0.25) is 0 Å². The second-order valence-electron chi connectivity index (χ2n) is 6.07. The molecule has 0 aliphatic heterocycles. The van der Waals surface area contributed by atoms with E-state index in [-0.39, 0.29) is 0 Å². The molecule has 7 heteroatoms. The van der Waals surface area contributed by atoms with Crippen LogP contribution in [0.15, 0.2) is 60.8 Å². The second kappa shape index (κ2) is 7.61. The van der Waals surface area contributed by atoms with Gasteiger partial charge in [0.1, 0.15) is 0 Å². The van der Waals surface area contributed by atoms with E-state index in [1.807, 2.05) is 49.4 Å². The second-order valence-corrected chi connectivity index (χ2v) is 7.73. The number of fused-ring (bicyclic) bond motifs is 1. The molecule has 0 unspecified atom stereocenters. The largest absolute Gasteiger partial charge is 0.332 e. The minimum absolute atomic E-state index is 0.557. The van der Waals surface area contributed by atoms with E-state index in [9.17, 15) is 0 Å². The zero-order valence-electron chi connectivity index (χ0n) is 14.5. The van der Waals surface area contributed by atoms with Gasteiger partial charge in [0.25, 0.3) is 0 Å². The van der Waals surface area contributed by atoms with Crippen LogP contribution in [0.5, 0.6) is 0 Å². The van der Waals surface area contributed by atoms with Gasteiger partial charge in [-0.2, -0.15) is 5.10 Å². The highest BCUT2D eigenvalue weighted by Gasteiger charge is 2.10. The summed E-state index contributed by atoms with van der Waals surface area (Å²) in [6.45, 7) is 2.01. The number of rotatable bonds is 3. The minimum atomic E-state index is 0.557. The molecule has 0 atom stereocenters. The molecule has 2 aromatic heterocycles. The molecule has 0 bridgehead atoms. The quantitative estimate of drug-likeness (QED) is 0.270. The van der Waals surface area contributed by atoms with Crippen LogP contribution in [0.1, 0.15) is 5.69 Å². The summed E-state index contributed by atoms with van der Waals surface area (Å²) in [5.74, 6) is 0. The maximum absolute atomic E-state index is 5.41. The van der Waals surface area contributed by atoms with Crippen LogP contribution in [0.25, 0.3) is 22.2 Å². The normalized spacial score (nSPS) is 10.7. The number of hydrogen-bond acceptors (Lipinski definition) is 3. The number of anilines is 2. The summed E-state index contributed by atoms with van der Waals surface area (Å²) in [7, 11) is 0. The number of nitrogens with zero attached hydrogens (tertiary/aromatic N) is 2. The first-order chi connectivity index (χ1) is 13.1. The Hall–Kier alpha value is -2.52. The SMILES string of the molecule is Cc1[nH]nc2nccc(-c3ccc(NC(=S)Nc4cccc(I)c4)cc3)c12. The number of aromatic nitrogens is 3. The molecule has 3 N–H and O–H groups in total. The zero-order valence-corrected chi connectivity index (χ0v) is 17.4. The lowest BCUT2D eigenvalue weighted by Gasteiger charge is -2.11. The minimum Gasteiger partial charge on any atom is -0.332 e. The summed E-state index contributed by atoms with van der Waals surface area (Å²) in [5, 5.41) is 15.3. The van der Waals surface area contributed by atoms with Crippen molar-refractivity contribution in [1.82, 2.24) is 15.2 Å². The lowest BCUT2D eigenvalue weighted by Crippen LogP contribution is -2.18. The van der Waals surface area contributed by atoms with Gasteiger partial charge in [-0.3, -0.25) is 5.10 Å². The molecule has 0 spiro atoms. The standard InChI is InChI=1S/C20H16IN5S/c1-12-18-17(9-10-22-19(18)26-25-12)13-5-7-15(8-6-13)23-20(27)24-16-4-2-3-14(21)11-16/h2-11H,1H3,(H,22,25,26)(H2,23,24,27). The highest BCUT2D eigenvalue weighted by Crippen LogP contribution is 2.29. The number of aryl methyl sites for hydroxylation is 1. The summed E-state index contributed by atoms with van der Waals surface area (Å²) < 4.78 is 1.16. The van der Waals surface area contributed by atoms with Crippen LogP contribution >= 0.6 is 34.8 Å². The van der Waals surface area contributed by atoms with Crippen molar-refractivity contribution in [3.63, 3.8) is 0 Å². The van der Waals surface area contributed by atoms with Gasteiger partial charge in [-0.05, 0) is 89.3 Å². The molecule has 0 saturated heterocycles. The topological polar surface area (TPSA) is 65.6 Å². The van der Waals surface area contributed by atoms with E-state index in [2.05, 4.69) is 60.5 Å². The van der Waals surface area contributed by atoms with E-state index in [1.165, 1.54) is 0 Å². The first-order valence-corrected chi connectivity index (χ1v) is 9.82. The van der Waals surface area contributed by atoms with E-state index < -0.39 is 0 Å². The maximum atomic E-state index is 5.41. The molecule has 134 valence electrons. The summed E-state index contributed by atoms with van der Waals surface area (Å²) in [6, 6.07) is 18.2. The Morgan fingerprint density at radius 2 is 1.81 bits per heavy atom. The van der Waals surface area contributed by atoms with E-state index in [1.54, 1.807) is 6.20 Å². The van der Waals surface area contributed by atoms with Gasteiger partial charge in [0.2, 0.25) is 0 Å². The van der Waals surface area contributed by atoms with Gasteiger partial charge in [-0.15, -0.1) is 0 Å². The third-order valence-electron chi connectivity index (χ3n) is 4.17. The first-order valence-electron chi connectivity index (χ1n) is 8.34. The van der Waals surface area contributed by atoms with Crippen LogP contribution in [-0.4, -0.2) is 20.3 Å². The third kappa shape index (κ3) is 3.93. The number of nitrogens with one attached hydrogen (secondary N) is 3. The highest BCUT2D eigenvalue weighted by molar-refractivity contribution is 14.1. The molecule has 0 aliphatic rings. The van der Waals surface area contributed by atoms with Crippen molar-refractivity contribution in [2.75, 3.05) is 10.6 Å². The van der Waals surface area contributed by atoms with E-state index >= 15 is 0 Å². The average molecular weight is 485 g/mol. The van der Waals surface area contributed by atoms with Crippen LogP contribution in [0.3, 0.4) is 0 Å². The van der Waals surface area contributed by atoms with E-state index in [0.29, 0.717) is 5.11 Å².